The molecule has 0 atom stereocenters. The van der Waals surface area contributed by atoms with Crippen molar-refractivity contribution in [2.75, 3.05) is 0 Å². The maximum atomic E-state index is 12.2. The minimum Gasteiger partial charge on any atom is -0.302 e. The van der Waals surface area contributed by atoms with E-state index in [-0.39, 0.29) is 17.8 Å². The molecule has 0 radical (unpaired) electrons. The van der Waals surface area contributed by atoms with Crippen LogP contribution in [0.15, 0.2) is 18.2 Å². The zero-order valence-electron chi connectivity index (χ0n) is 7.47. The van der Waals surface area contributed by atoms with Gasteiger partial charge in [0.15, 0.2) is 0 Å². The van der Waals surface area contributed by atoms with Crippen molar-refractivity contribution in [1.29, 1.82) is 10.7 Å². The Morgan fingerprint density at radius 3 is 2.67 bits per heavy atom. The van der Waals surface area contributed by atoms with Gasteiger partial charge in [0, 0.05) is 0 Å². The number of hydrogen-bond donors (Lipinski definition) is 1. The molecule has 1 N–H and O–H groups in total. The number of nitriles is 1. The Labute approximate surface area is 83.7 Å². The summed E-state index contributed by atoms with van der Waals surface area (Å²) in [7, 11) is 0. The molecule has 1 rings (SSSR count). The highest BCUT2D eigenvalue weighted by atomic mass is 19.4. The fourth-order valence-corrected chi connectivity index (χ4v) is 0.930. The van der Waals surface area contributed by atoms with Gasteiger partial charge in [-0.15, -0.1) is 0 Å². The van der Waals surface area contributed by atoms with Gasteiger partial charge >= 0.3 is 6.18 Å². The van der Waals surface area contributed by atoms with Gasteiger partial charge in [0.2, 0.25) is 0 Å². The minimum absolute atomic E-state index is 0.119. The van der Waals surface area contributed by atoms with Crippen LogP contribution in [0.5, 0.6) is 0 Å². The fraction of sp³-hybridized carbons (Fsp3) is 0.222. The topological polar surface area (TPSA) is 60.5 Å². The average molecular weight is 213 g/mol. The number of nitrogens with zero attached hydrogens (tertiary/aromatic N) is 2. The number of aromatic nitrogens is 1. The molecule has 0 aromatic carbocycles. The van der Waals surface area contributed by atoms with Crippen LogP contribution in [0, 0.1) is 16.7 Å². The summed E-state index contributed by atoms with van der Waals surface area (Å²) in [6.07, 6.45) is -4.78. The highest BCUT2D eigenvalue weighted by Crippen LogP contribution is 2.27. The number of rotatable bonds is 2. The summed E-state index contributed by atoms with van der Waals surface area (Å²) in [5, 5.41) is 15.6. The van der Waals surface area contributed by atoms with Gasteiger partial charge < -0.3 is 5.41 Å². The zero-order valence-corrected chi connectivity index (χ0v) is 7.47. The van der Waals surface area contributed by atoms with E-state index < -0.39 is 11.9 Å². The molecule has 0 bridgehead atoms. The van der Waals surface area contributed by atoms with E-state index in [4.69, 9.17) is 10.7 Å². The molecule has 1 heterocycles. The van der Waals surface area contributed by atoms with E-state index >= 15 is 0 Å². The second-order valence-corrected chi connectivity index (χ2v) is 2.72. The van der Waals surface area contributed by atoms with Crippen molar-refractivity contribution in [3.63, 3.8) is 0 Å². The zero-order chi connectivity index (χ0) is 11.5. The summed E-state index contributed by atoms with van der Waals surface area (Å²) in [5.41, 5.74) is -1.39. The monoisotopic (exact) mass is 213 g/mol. The summed E-state index contributed by atoms with van der Waals surface area (Å²) < 4.78 is 36.7. The molecule has 0 fully saturated rings. The smallest absolute Gasteiger partial charge is 0.302 e. The van der Waals surface area contributed by atoms with Crippen molar-refractivity contribution < 1.29 is 13.2 Å². The average Bonchev–Trinajstić information content (AvgIpc) is 2.17. The minimum atomic E-state index is -4.52. The van der Waals surface area contributed by atoms with Crippen molar-refractivity contribution in [1.82, 2.24) is 4.98 Å². The van der Waals surface area contributed by atoms with Crippen molar-refractivity contribution >= 4 is 5.71 Å². The Morgan fingerprint density at radius 1 is 1.47 bits per heavy atom. The van der Waals surface area contributed by atoms with Crippen molar-refractivity contribution in [2.45, 2.75) is 12.6 Å². The number of halogens is 3. The van der Waals surface area contributed by atoms with Crippen LogP contribution in [-0.2, 0) is 6.18 Å². The van der Waals surface area contributed by atoms with Gasteiger partial charge in [-0.05, 0) is 12.1 Å². The van der Waals surface area contributed by atoms with E-state index in [9.17, 15) is 13.2 Å². The third kappa shape index (κ3) is 2.77. The molecule has 15 heavy (non-hydrogen) atoms. The van der Waals surface area contributed by atoms with Gasteiger partial charge in [-0.2, -0.15) is 18.4 Å². The highest BCUT2D eigenvalue weighted by Gasteiger charge is 2.32. The maximum Gasteiger partial charge on any atom is 0.433 e. The number of pyridine rings is 1. The van der Waals surface area contributed by atoms with Crippen LogP contribution in [0.1, 0.15) is 17.8 Å². The Balaban J connectivity index is 3.04. The van der Waals surface area contributed by atoms with E-state index in [0.29, 0.717) is 0 Å². The molecule has 0 amide bonds. The van der Waals surface area contributed by atoms with Crippen molar-refractivity contribution in [2.24, 2.45) is 0 Å². The summed E-state index contributed by atoms with van der Waals surface area (Å²) in [5.74, 6) is 0. The standard InChI is InChI=1S/C9H6F3N3/c10-9(11,12)8-3-1-2-7(15-8)6(14)4-5-13/h1-3,14H,4H2. The SMILES string of the molecule is N#CCC(=N)c1cccc(C(F)(F)F)n1. The fourth-order valence-electron chi connectivity index (χ4n) is 0.930. The second-order valence-electron chi connectivity index (χ2n) is 2.72. The lowest BCUT2D eigenvalue weighted by Crippen LogP contribution is -2.11. The van der Waals surface area contributed by atoms with Gasteiger partial charge in [0.05, 0.1) is 23.9 Å². The molecule has 0 saturated heterocycles. The summed E-state index contributed by atoms with van der Waals surface area (Å²) >= 11 is 0. The molecular weight excluding hydrogens is 207 g/mol. The predicted molar refractivity (Wildman–Crippen MR) is 46.3 cm³/mol. The van der Waals surface area contributed by atoms with Crippen molar-refractivity contribution in [3.05, 3.63) is 29.6 Å². The first-order chi connectivity index (χ1) is 6.95. The van der Waals surface area contributed by atoms with Gasteiger partial charge in [-0.25, -0.2) is 4.98 Å². The van der Waals surface area contributed by atoms with E-state index in [2.05, 4.69) is 4.98 Å². The van der Waals surface area contributed by atoms with Crippen LogP contribution in [-0.4, -0.2) is 10.7 Å². The number of alkyl halides is 3. The molecule has 6 heteroatoms. The summed E-state index contributed by atoms with van der Waals surface area (Å²) in [4.78, 5) is 3.26. The molecule has 1 aromatic heterocycles. The second kappa shape index (κ2) is 4.09. The van der Waals surface area contributed by atoms with Crippen LogP contribution in [0.2, 0.25) is 0 Å². The molecule has 0 aliphatic rings. The Kier molecular flexibility index (Phi) is 3.04. The van der Waals surface area contributed by atoms with Crippen LogP contribution >= 0.6 is 0 Å². The lowest BCUT2D eigenvalue weighted by atomic mass is 10.2. The lowest BCUT2D eigenvalue weighted by molar-refractivity contribution is -0.141. The van der Waals surface area contributed by atoms with E-state index in [1.165, 1.54) is 6.07 Å². The van der Waals surface area contributed by atoms with E-state index in [1.54, 1.807) is 6.07 Å². The first kappa shape index (κ1) is 11.2. The number of nitrogens with one attached hydrogen (secondary N) is 1. The largest absolute Gasteiger partial charge is 0.433 e. The van der Waals surface area contributed by atoms with Gasteiger partial charge in [-0.3, -0.25) is 0 Å². The van der Waals surface area contributed by atoms with Crippen molar-refractivity contribution in [3.8, 4) is 6.07 Å². The molecule has 3 nitrogen and oxygen atoms in total. The summed E-state index contributed by atoms with van der Waals surface area (Å²) in [6, 6.07) is 4.94. The lowest BCUT2D eigenvalue weighted by Gasteiger charge is -2.06. The molecular formula is C9H6F3N3. The quantitative estimate of drug-likeness (QED) is 0.766. The molecule has 1 aromatic rings. The van der Waals surface area contributed by atoms with E-state index in [0.717, 1.165) is 12.1 Å². The molecule has 0 unspecified atom stereocenters. The van der Waals surface area contributed by atoms with E-state index in [1.807, 2.05) is 0 Å². The van der Waals surface area contributed by atoms with Crippen LogP contribution in [0.3, 0.4) is 0 Å². The Bertz CT molecular complexity index is 417. The molecule has 0 aliphatic heterocycles. The molecule has 0 spiro atoms. The third-order valence-corrected chi connectivity index (χ3v) is 1.60. The predicted octanol–water partition coefficient (Wildman–Crippen LogP) is 2.38. The Morgan fingerprint density at radius 2 is 2.13 bits per heavy atom. The first-order valence-corrected chi connectivity index (χ1v) is 3.94. The van der Waals surface area contributed by atoms with Crippen LogP contribution in [0.4, 0.5) is 13.2 Å². The summed E-state index contributed by atoms with van der Waals surface area (Å²) in [6.45, 7) is 0. The maximum absolute atomic E-state index is 12.2. The third-order valence-electron chi connectivity index (χ3n) is 1.60. The first-order valence-electron chi connectivity index (χ1n) is 3.94. The van der Waals surface area contributed by atoms with Gasteiger partial charge in [0.1, 0.15) is 5.69 Å². The van der Waals surface area contributed by atoms with Gasteiger partial charge in [0.25, 0.3) is 0 Å². The molecule has 0 saturated carbocycles. The Hall–Kier alpha value is -1.90. The van der Waals surface area contributed by atoms with Gasteiger partial charge in [-0.1, -0.05) is 6.07 Å². The molecule has 78 valence electrons. The van der Waals surface area contributed by atoms with Crippen LogP contribution in [0.25, 0.3) is 0 Å². The molecule has 0 aliphatic carbocycles. The number of hydrogen-bond acceptors (Lipinski definition) is 3. The normalized spacial score (nSPS) is 10.8. The highest BCUT2D eigenvalue weighted by molar-refractivity contribution is 5.97. The van der Waals surface area contributed by atoms with Crippen LogP contribution < -0.4 is 0 Å².